The summed E-state index contributed by atoms with van der Waals surface area (Å²) in [5.41, 5.74) is 0. The van der Waals surface area contributed by atoms with E-state index in [1.165, 1.54) is 51.2 Å². The molecular weight excluding hydrogens is 220 g/mol. The van der Waals surface area contributed by atoms with Crippen LogP contribution in [0.25, 0.3) is 0 Å². The first-order chi connectivity index (χ1) is 8.74. The number of allylic oxidation sites excluding steroid dienone is 1. The van der Waals surface area contributed by atoms with Gasteiger partial charge in [-0.2, -0.15) is 0 Å². The topological polar surface area (TPSA) is 17.1 Å². The molecule has 1 aliphatic carbocycles. The number of carbonyl (C=O) groups excluding carboxylic acids is 1. The number of hydrogen-bond donors (Lipinski definition) is 0. The minimum Gasteiger partial charge on any atom is -0.303 e. The van der Waals surface area contributed by atoms with Crippen molar-refractivity contribution < 1.29 is 4.79 Å². The Morgan fingerprint density at radius 3 is 2.44 bits per heavy atom. The Hall–Kier alpha value is -0.590. The minimum atomic E-state index is 0.281. The SMILES string of the molecule is C=CC1CC(C)C(C=O)C1CCCCCCCC. The Kier molecular flexibility index (Phi) is 7.31. The average Bonchev–Trinajstić information content (AvgIpc) is 2.69. The molecule has 0 spiro atoms. The van der Waals surface area contributed by atoms with Crippen molar-refractivity contribution in [3.63, 3.8) is 0 Å². The third kappa shape index (κ3) is 4.26. The predicted octanol–water partition coefficient (Wildman–Crippen LogP) is 5.01. The highest BCUT2D eigenvalue weighted by atomic mass is 16.1. The van der Waals surface area contributed by atoms with E-state index in [1.807, 2.05) is 0 Å². The second kappa shape index (κ2) is 8.50. The third-order valence-corrected chi connectivity index (χ3v) is 4.70. The molecule has 1 saturated carbocycles. The lowest BCUT2D eigenvalue weighted by molar-refractivity contribution is -0.113. The first-order valence-corrected chi connectivity index (χ1v) is 7.82. The second-order valence-electron chi connectivity index (χ2n) is 6.05. The maximum atomic E-state index is 11.2. The normalized spacial score (nSPS) is 31.4. The van der Waals surface area contributed by atoms with Crippen molar-refractivity contribution in [1.82, 2.24) is 0 Å². The summed E-state index contributed by atoms with van der Waals surface area (Å²) in [6.07, 6.45) is 13.7. The molecule has 0 amide bonds. The summed E-state index contributed by atoms with van der Waals surface area (Å²) in [7, 11) is 0. The van der Waals surface area contributed by atoms with Crippen molar-refractivity contribution in [3.8, 4) is 0 Å². The Bertz CT molecular complexity index is 246. The summed E-state index contributed by atoms with van der Waals surface area (Å²) in [6, 6.07) is 0. The van der Waals surface area contributed by atoms with Crippen LogP contribution in [0.2, 0.25) is 0 Å². The molecule has 1 aliphatic rings. The quantitative estimate of drug-likeness (QED) is 0.319. The van der Waals surface area contributed by atoms with E-state index in [1.54, 1.807) is 0 Å². The number of unbranched alkanes of at least 4 members (excludes halogenated alkanes) is 5. The van der Waals surface area contributed by atoms with Gasteiger partial charge < -0.3 is 4.79 Å². The lowest BCUT2D eigenvalue weighted by Gasteiger charge is -2.20. The average molecular weight is 250 g/mol. The van der Waals surface area contributed by atoms with Crippen LogP contribution in [0.15, 0.2) is 12.7 Å². The van der Waals surface area contributed by atoms with Gasteiger partial charge in [0.15, 0.2) is 0 Å². The number of aldehydes is 1. The van der Waals surface area contributed by atoms with Crippen LogP contribution in [0, 0.1) is 23.7 Å². The molecule has 0 aromatic rings. The molecule has 0 aliphatic heterocycles. The largest absolute Gasteiger partial charge is 0.303 e. The summed E-state index contributed by atoms with van der Waals surface area (Å²) in [5.74, 6) is 1.98. The van der Waals surface area contributed by atoms with E-state index in [9.17, 15) is 4.79 Å². The van der Waals surface area contributed by atoms with Crippen LogP contribution in [0.1, 0.15) is 65.2 Å². The standard InChI is InChI=1S/C17H30O/c1-4-6-7-8-9-10-11-16-15(5-2)12-14(3)17(16)13-18/h5,13-17H,2,4,6-12H2,1,3H3. The Morgan fingerprint density at radius 2 is 1.83 bits per heavy atom. The fourth-order valence-electron chi connectivity index (χ4n) is 3.54. The van der Waals surface area contributed by atoms with Crippen molar-refractivity contribution in [2.75, 3.05) is 0 Å². The summed E-state index contributed by atoms with van der Waals surface area (Å²) < 4.78 is 0. The van der Waals surface area contributed by atoms with E-state index < -0.39 is 0 Å². The van der Waals surface area contributed by atoms with Gasteiger partial charge in [0.25, 0.3) is 0 Å². The fourth-order valence-corrected chi connectivity index (χ4v) is 3.54. The van der Waals surface area contributed by atoms with Gasteiger partial charge in [-0.1, -0.05) is 58.4 Å². The van der Waals surface area contributed by atoms with Crippen LogP contribution in [-0.4, -0.2) is 6.29 Å². The lowest BCUT2D eigenvalue weighted by Crippen LogP contribution is -2.17. The molecule has 4 atom stereocenters. The highest BCUT2D eigenvalue weighted by Gasteiger charge is 2.38. The molecule has 18 heavy (non-hydrogen) atoms. The zero-order valence-electron chi connectivity index (χ0n) is 12.2. The molecule has 0 aromatic heterocycles. The van der Waals surface area contributed by atoms with E-state index in [0.717, 1.165) is 6.42 Å². The molecule has 0 radical (unpaired) electrons. The van der Waals surface area contributed by atoms with Gasteiger partial charge in [-0.15, -0.1) is 6.58 Å². The first-order valence-electron chi connectivity index (χ1n) is 7.82. The van der Waals surface area contributed by atoms with Crippen LogP contribution in [0.5, 0.6) is 0 Å². The molecule has 4 unspecified atom stereocenters. The van der Waals surface area contributed by atoms with E-state index in [2.05, 4.69) is 26.5 Å². The van der Waals surface area contributed by atoms with Gasteiger partial charge in [-0.25, -0.2) is 0 Å². The van der Waals surface area contributed by atoms with Crippen LogP contribution in [-0.2, 0) is 4.79 Å². The summed E-state index contributed by atoms with van der Waals surface area (Å²) in [6.45, 7) is 8.42. The van der Waals surface area contributed by atoms with Crippen molar-refractivity contribution >= 4 is 6.29 Å². The zero-order valence-corrected chi connectivity index (χ0v) is 12.2. The monoisotopic (exact) mass is 250 g/mol. The molecule has 104 valence electrons. The highest BCUT2D eigenvalue weighted by molar-refractivity contribution is 5.55. The van der Waals surface area contributed by atoms with E-state index in [0.29, 0.717) is 17.8 Å². The molecule has 0 saturated heterocycles. The summed E-state index contributed by atoms with van der Waals surface area (Å²) in [5, 5.41) is 0. The molecule has 1 nitrogen and oxygen atoms in total. The predicted molar refractivity (Wildman–Crippen MR) is 78.5 cm³/mol. The van der Waals surface area contributed by atoms with Crippen molar-refractivity contribution in [2.45, 2.75) is 65.2 Å². The van der Waals surface area contributed by atoms with Crippen LogP contribution in [0.4, 0.5) is 0 Å². The smallest absolute Gasteiger partial charge is 0.123 e. The van der Waals surface area contributed by atoms with Crippen molar-refractivity contribution in [2.24, 2.45) is 23.7 Å². The maximum Gasteiger partial charge on any atom is 0.123 e. The molecule has 1 heteroatoms. The van der Waals surface area contributed by atoms with E-state index in [-0.39, 0.29) is 5.92 Å². The Labute approximate surface area is 113 Å². The first kappa shape index (κ1) is 15.5. The highest BCUT2D eigenvalue weighted by Crippen LogP contribution is 2.43. The van der Waals surface area contributed by atoms with Gasteiger partial charge in [0.05, 0.1) is 0 Å². The third-order valence-electron chi connectivity index (χ3n) is 4.70. The van der Waals surface area contributed by atoms with E-state index in [4.69, 9.17) is 0 Å². The molecule has 1 rings (SSSR count). The van der Waals surface area contributed by atoms with E-state index >= 15 is 0 Å². The molecule has 0 N–H and O–H groups in total. The number of hydrogen-bond acceptors (Lipinski definition) is 1. The van der Waals surface area contributed by atoms with Crippen molar-refractivity contribution in [3.05, 3.63) is 12.7 Å². The molecule has 1 fully saturated rings. The van der Waals surface area contributed by atoms with Gasteiger partial charge in [0.1, 0.15) is 6.29 Å². The molecule has 0 bridgehead atoms. The molecule has 0 heterocycles. The van der Waals surface area contributed by atoms with Crippen LogP contribution in [0.3, 0.4) is 0 Å². The maximum absolute atomic E-state index is 11.2. The Morgan fingerprint density at radius 1 is 1.17 bits per heavy atom. The van der Waals surface area contributed by atoms with Gasteiger partial charge in [-0.3, -0.25) is 0 Å². The van der Waals surface area contributed by atoms with Gasteiger partial charge in [-0.05, 0) is 30.6 Å². The van der Waals surface area contributed by atoms with Gasteiger partial charge >= 0.3 is 0 Å². The second-order valence-corrected chi connectivity index (χ2v) is 6.05. The molecular formula is C17H30O. The van der Waals surface area contributed by atoms with Gasteiger partial charge in [0, 0.05) is 5.92 Å². The number of carbonyl (C=O) groups is 1. The lowest BCUT2D eigenvalue weighted by atomic mass is 9.84. The fraction of sp³-hybridized carbons (Fsp3) is 0.824. The summed E-state index contributed by atoms with van der Waals surface area (Å²) >= 11 is 0. The molecule has 0 aromatic carbocycles. The Balaban J connectivity index is 2.29. The van der Waals surface area contributed by atoms with Crippen LogP contribution < -0.4 is 0 Å². The zero-order chi connectivity index (χ0) is 13.4. The summed E-state index contributed by atoms with van der Waals surface area (Å²) in [4.78, 5) is 11.2. The van der Waals surface area contributed by atoms with Gasteiger partial charge in [0.2, 0.25) is 0 Å². The number of rotatable bonds is 9. The van der Waals surface area contributed by atoms with Crippen LogP contribution >= 0.6 is 0 Å². The van der Waals surface area contributed by atoms with Crippen molar-refractivity contribution in [1.29, 1.82) is 0 Å². The minimum absolute atomic E-state index is 0.281.